The molecule has 174 valence electrons. The molecule has 1 atom stereocenters. The number of hydrogen-bond acceptors (Lipinski definition) is 5. The zero-order valence-electron chi connectivity index (χ0n) is 20.5. The number of unbranched alkanes of at least 4 members (excludes halogenated alkanes) is 11. The quantitative estimate of drug-likeness (QED) is 0.236. The molecular formula is C23H47KN2O4. The zero-order valence-corrected chi connectivity index (χ0v) is 23.6. The monoisotopic (exact) mass is 454 g/mol. The minimum Gasteiger partial charge on any atom is -0.548 e. The van der Waals surface area contributed by atoms with E-state index in [9.17, 15) is 14.7 Å². The van der Waals surface area contributed by atoms with E-state index in [0.717, 1.165) is 25.7 Å². The third kappa shape index (κ3) is 21.7. The van der Waals surface area contributed by atoms with Crippen molar-refractivity contribution in [1.29, 1.82) is 0 Å². The Morgan fingerprint density at radius 1 is 0.867 bits per heavy atom. The molecule has 0 aliphatic carbocycles. The Balaban J connectivity index is -0.000000480. The van der Waals surface area contributed by atoms with Gasteiger partial charge in [0, 0.05) is 6.42 Å². The number of carbonyl (C=O) groups is 2. The van der Waals surface area contributed by atoms with Gasteiger partial charge in [0.25, 0.3) is 0 Å². The summed E-state index contributed by atoms with van der Waals surface area (Å²) in [6.45, 7) is 4.53. The molecule has 6 nitrogen and oxygen atoms in total. The van der Waals surface area contributed by atoms with Crippen molar-refractivity contribution in [3.05, 3.63) is 0 Å². The van der Waals surface area contributed by atoms with Crippen LogP contribution in [0.3, 0.4) is 0 Å². The molecule has 0 radical (unpaired) electrons. The number of carboxylic acid groups (broad SMARTS) is 2. The van der Waals surface area contributed by atoms with Crippen molar-refractivity contribution in [2.24, 2.45) is 5.73 Å². The van der Waals surface area contributed by atoms with E-state index in [2.05, 4.69) is 6.92 Å². The fourth-order valence-electron chi connectivity index (χ4n) is 3.06. The van der Waals surface area contributed by atoms with E-state index >= 15 is 0 Å². The van der Waals surface area contributed by atoms with Crippen LogP contribution in [0.4, 0.5) is 0 Å². The van der Waals surface area contributed by atoms with E-state index in [1.807, 2.05) is 0 Å². The maximum absolute atomic E-state index is 10.9. The second kappa shape index (κ2) is 24.1. The van der Waals surface area contributed by atoms with E-state index in [1.165, 1.54) is 57.8 Å². The number of aliphatic carboxylic acids is 2. The Bertz CT molecular complexity index is 409. The third-order valence-corrected chi connectivity index (χ3v) is 5.54. The average molecular weight is 455 g/mol. The molecule has 0 aromatic carbocycles. The van der Waals surface area contributed by atoms with Crippen LogP contribution in [0, 0.1) is 0 Å². The Kier molecular flexibility index (Phi) is 28.2. The molecule has 30 heavy (non-hydrogen) atoms. The summed E-state index contributed by atoms with van der Waals surface area (Å²) < 4.78 is 0. The first-order chi connectivity index (χ1) is 13.7. The number of rotatable bonds is 18. The maximum atomic E-state index is 10.9. The predicted molar refractivity (Wildman–Crippen MR) is 119 cm³/mol. The molecule has 0 aliphatic heterocycles. The number of likely N-dealkylation sites (N-methyl/N-ethyl adjacent to an activating group) is 1. The third-order valence-electron chi connectivity index (χ3n) is 5.54. The van der Waals surface area contributed by atoms with Gasteiger partial charge in [0.05, 0.1) is 11.5 Å². The molecular weight excluding hydrogens is 407 g/mol. The van der Waals surface area contributed by atoms with E-state index in [1.54, 1.807) is 25.9 Å². The maximum Gasteiger partial charge on any atom is 1.00 e. The second-order valence-corrected chi connectivity index (χ2v) is 8.38. The molecule has 0 spiro atoms. The molecule has 0 aromatic heterocycles. The predicted octanol–water partition coefficient (Wildman–Crippen LogP) is 0.962. The summed E-state index contributed by atoms with van der Waals surface area (Å²) in [6, 6.07) is 0. The number of nitrogens with two attached hydrogens (primary N) is 1. The number of carbonyl (C=O) groups excluding carboxylic acids is 1. The van der Waals surface area contributed by atoms with Gasteiger partial charge in [0.2, 0.25) is 0 Å². The minimum atomic E-state index is -1.02. The summed E-state index contributed by atoms with van der Waals surface area (Å²) in [4.78, 5) is 22.8. The van der Waals surface area contributed by atoms with Crippen LogP contribution in [-0.2, 0) is 9.59 Å². The zero-order chi connectivity index (χ0) is 22.5. The van der Waals surface area contributed by atoms with Crippen LogP contribution < -0.4 is 62.2 Å². The first-order valence-corrected chi connectivity index (χ1v) is 11.5. The van der Waals surface area contributed by atoms with Gasteiger partial charge in [-0.3, -0.25) is 9.69 Å². The fraction of sp³-hybridized carbons (Fsp3) is 0.913. The van der Waals surface area contributed by atoms with Crippen LogP contribution in [0.5, 0.6) is 0 Å². The van der Waals surface area contributed by atoms with Gasteiger partial charge in [-0.25, -0.2) is 0 Å². The minimum absolute atomic E-state index is 0. The normalized spacial score (nSPS) is 12.5. The molecule has 0 saturated carbocycles. The molecule has 0 heterocycles. The van der Waals surface area contributed by atoms with Gasteiger partial charge < -0.3 is 20.7 Å². The second-order valence-electron chi connectivity index (χ2n) is 8.38. The largest absolute Gasteiger partial charge is 1.00 e. The first-order valence-electron chi connectivity index (χ1n) is 11.5. The van der Waals surface area contributed by atoms with Crippen LogP contribution in [0.25, 0.3) is 0 Å². The van der Waals surface area contributed by atoms with Crippen LogP contribution in [0.1, 0.15) is 110 Å². The van der Waals surface area contributed by atoms with Gasteiger partial charge in [-0.15, -0.1) is 0 Å². The van der Waals surface area contributed by atoms with Crippen LogP contribution in [0.15, 0.2) is 0 Å². The number of carboxylic acids is 2. The Morgan fingerprint density at radius 2 is 1.30 bits per heavy atom. The summed E-state index contributed by atoms with van der Waals surface area (Å²) in [5.74, 6) is -1.68. The van der Waals surface area contributed by atoms with Gasteiger partial charge in [-0.1, -0.05) is 71.1 Å². The Labute approximate surface area is 228 Å². The van der Waals surface area contributed by atoms with Crippen molar-refractivity contribution in [1.82, 2.24) is 4.90 Å². The van der Waals surface area contributed by atoms with Crippen molar-refractivity contribution < 1.29 is 71.2 Å². The van der Waals surface area contributed by atoms with Gasteiger partial charge in [-0.2, -0.15) is 0 Å². The van der Waals surface area contributed by atoms with Gasteiger partial charge in [-0.05, 0) is 53.2 Å². The number of nitrogens with zero attached hydrogens (tertiary/aromatic N) is 1. The van der Waals surface area contributed by atoms with Crippen molar-refractivity contribution in [2.75, 3.05) is 20.6 Å². The smallest absolute Gasteiger partial charge is 0.548 e. The first kappa shape index (κ1) is 35.1. The molecule has 0 aliphatic rings. The molecule has 0 rings (SSSR count). The molecule has 7 heteroatoms. The van der Waals surface area contributed by atoms with E-state index in [-0.39, 0.29) is 51.4 Å². The Hall–Kier alpha value is 0.496. The molecule has 3 N–H and O–H groups in total. The molecule has 0 bridgehead atoms. The Morgan fingerprint density at radius 3 is 1.63 bits per heavy atom. The van der Waals surface area contributed by atoms with Gasteiger partial charge >= 0.3 is 57.4 Å². The van der Waals surface area contributed by atoms with Crippen molar-refractivity contribution in [2.45, 2.75) is 116 Å². The SMILES string of the molecule is CCCCCCCCCCCCCC(=O)O.CN(C)[C@@](C)(CCCCN)C(=O)[O-].[K+]. The molecule has 0 unspecified atom stereocenters. The summed E-state index contributed by atoms with van der Waals surface area (Å²) >= 11 is 0. The fourth-order valence-corrected chi connectivity index (χ4v) is 3.06. The van der Waals surface area contributed by atoms with E-state index in [4.69, 9.17) is 10.8 Å². The van der Waals surface area contributed by atoms with Crippen molar-refractivity contribution in [3.63, 3.8) is 0 Å². The van der Waals surface area contributed by atoms with E-state index < -0.39 is 17.5 Å². The van der Waals surface area contributed by atoms with E-state index in [0.29, 0.717) is 19.4 Å². The van der Waals surface area contributed by atoms with Crippen molar-refractivity contribution in [3.8, 4) is 0 Å². The van der Waals surface area contributed by atoms with Crippen LogP contribution >= 0.6 is 0 Å². The van der Waals surface area contributed by atoms with Gasteiger partial charge in [0.15, 0.2) is 0 Å². The van der Waals surface area contributed by atoms with Crippen LogP contribution in [-0.4, -0.2) is 48.1 Å². The van der Waals surface area contributed by atoms with Crippen molar-refractivity contribution >= 4 is 11.9 Å². The molecule has 0 amide bonds. The summed E-state index contributed by atoms with van der Waals surface area (Å²) in [5, 5.41) is 19.3. The standard InChI is InChI=1S/C14H28O2.C9H20N2O2.K/c1-2-3-4-5-6-7-8-9-10-11-12-13-14(15)16;1-9(8(12)13,11(2)3)6-4-5-7-10;/h2-13H2,1H3,(H,15,16);4-7,10H2,1-3H3,(H,12,13);/q;;+1/p-1/t;9-;/m.0./s1. The van der Waals surface area contributed by atoms with Crippen LogP contribution in [0.2, 0.25) is 0 Å². The molecule has 0 fully saturated rings. The topological polar surface area (TPSA) is 107 Å². The summed E-state index contributed by atoms with van der Waals surface area (Å²) in [6.07, 6.45) is 16.6. The molecule has 0 saturated heterocycles. The average Bonchev–Trinajstić information content (AvgIpc) is 2.66. The number of hydrogen-bond donors (Lipinski definition) is 2. The summed E-state index contributed by atoms with van der Waals surface area (Å²) in [5.41, 5.74) is 4.47. The van der Waals surface area contributed by atoms with Gasteiger partial charge in [0.1, 0.15) is 0 Å². The summed E-state index contributed by atoms with van der Waals surface area (Å²) in [7, 11) is 3.50. The molecule has 0 aromatic rings.